The van der Waals surface area contributed by atoms with E-state index in [2.05, 4.69) is 5.32 Å². The monoisotopic (exact) mass is 309 g/mol. The first-order valence-corrected chi connectivity index (χ1v) is 7.48. The largest absolute Gasteiger partial charge is 0.481 e. The molecular formula is C19H19NO3. The molecule has 2 aromatic carbocycles. The molecule has 2 aromatic rings. The van der Waals surface area contributed by atoms with Crippen LogP contribution in [0.25, 0.3) is 12.2 Å². The highest BCUT2D eigenvalue weighted by atomic mass is 16.4. The predicted molar refractivity (Wildman–Crippen MR) is 91.9 cm³/mol. The molecule has 0 atom stereocenters. The predicted octanol–water partition coefficient (Wildman–Crippen LogP) is 4.05. The smallest absolute Gasteiger partial charge is 0.303 e. The number of benzene rings is 2. The number of carbonyl (C=O) groups excluding carboxylic acids is 1. The summed E-state index contributed by atoms with van der Waals surface area (Å²) < 4.78 is 0. The van der Waals surface area contributed by atoms with Crippen LogP contribution in [0, 0.1) is 0 Å². The molecule has 2 N–H and O–H groups in total. The van der Waals surface area contributed by atoms with Gasteiger partial charge in [-0.2, -0.15) is 0 Å². The van der Waals surface area contributed by atoms with Crippen LogP contribution in [0.4, 0.5) is 5.69 Å². The molecule has 118 valence electrons. The van der Waals surface area contributed by atoms with Crippen molar-refractivity contribution in [3.63, 3.8) is 0 Å². The third-order valence-electron chi connectivity index (χ3n) is 3.26. The van der Waals surface area contributed by atoms with Gasteiger partial charge in [0, 0.05) is 18.5 Å². The SMILES string of the molecule is O=C(O)CCCC(=O)Nc1ccc(C=Cc2ccccc2)cc1. The third kappa shape index (κ3) is 6.18. The van der Waals surface area contributed by atoms with Gasteiger partial charge >= 0.3 is 5.97 Å². The minimum atomic E-state index is -0.882. The second-order valence-electron chi connectivity index (χ2n) is 5.16. The van der Waals surface area contributed by atoms with Crippen molar-refractivity contribution in [3.05, 3.63) is 65.7 Å². The van der Waals surface area contributed by atoms with Crippen molar-refractivity contribution in [1.29, 1.82) is 0 Å². The number of nitrogens with one attached hydrogen (secondary N) is 1. The molecule has 0 aliphatic carbocycles. The number of hydrogen-bond acceptors (Lipinski definition) is 2. The zero-order valence-corrected chi connectivity index (χ0v) is 12.7. The summed E-state index contributed by atoms with van der Waals surface area (Å²) in [6.07, 6.45) is 4.60. The molecule has 0 radical (unpaired) electrons. The minimum Gasteiger partial charge on any atom is -0.481 e. The van der Waals surface area contributed by atoms with Crippen molar-refractivity contribution in [1.82, 2.24) is 0 Å². The van der Waals surface area contributed by atoms with E-state index in [0.717, 1.165) is 11.1 Å². The molecule has 0 bridgehead atoms. The molecular weight excluding hydrogens is 290 g/mol. The molecule has 0 fully saturated rings. The summed E-state index contributed by atoms with van der Waals surface area (Å²) in [7, 11) is 0. The van der Waals surface area contributed by atoms with Crippen LogP contribution in [-0.4, -0.2) is 17.0 Å². The number of aliphatic carboxylic acids is 1. The second-order valence-corrected chi connectivity index (χ2v) is 5.16. The zero-order valence-electron chi connectivity index (χ0n) is 12.7. The molecule has 23 heavy (non-hydrogen) atoms. The lowest BCUT2D eigenvalue weighted by Gasteiger charge is -2.05. The molecule has 2 rings (SSSR count). The maximum atomic E-state index is 11.7. The Morgan fingerprint density at radius 1 is 0.870 bits per heavy atom. The van der Waals surface area contributed by atoms with Gasteiger partial charge in [-0.3, -0.25) is 9.59 Å². The number of hydrogen-bond donors (Lipinski definition) is 2. The van der Waals surface area contributed by atoms with Crippen LogP contribution in [0.15, 0.2) is 54.6 Å². The fraction of sp³-hybridized carbons (Fsp3) is 0.158. The Morgan fingerprint density at radius 2 is 1.48 bits per heavy atom. The molecule has 1 amide bonds. The molecule has 0 saturated carbocycles. The molecule has 4 heteroatoms. The fourth-order valence-electron chi connectivity index (χ4n) is 2.06. The summed E-state index contributed by atoms with van der Waals surface area (Å²) in [5, 5.41) is 11.3. The topological polar surface area (TPSA) is 66.4 Å². The molecule has 0 unspecified atom stereocenters. The van der Waals surface area contributed by atoms with Crippen LogP contribution in [0.5, 0.6) is 0 Å². The van der Waals surface area contributed by atoms with Crippen molar-refractivity contribution in [2.45, 2.75) is 19.3 Å². The van der Waals surface area contributed by atoms with Crippen molar-refractivity contribution < 1.29 is 14.7 Å². The zero-order chi connectivity index (χ0) is 16.5. The number of anilines is 1. The van der Waals surface area contributed by atoms with Crippen LogP contribution >= 0.6 is 0 Å². The van der Waals surface area contributed by atoms with Gasteiger partial charge in [-0.25, -0.2) is 0 Å². The van der Waals surface area contributed by atoms with Gasteiger partial charge in [0.2, 0.25) is 5.91 Å². The third-order valence-corrected chi connectivity index (χ3v) is 3.26. The average molecular weight is 309 g/mol. The van der Waals surface area contributed by atoms with E-state index in [1.54, 1.807) is 0 Å². The van der Waals surface area contributed by atoms with Crippen molar-refractivity contribution in [2.75, 3.05) is 5.32 Å². The van der Waals surface area contributed by atoms with Gasteiger partial charge in [-0.05, 0) is 29.7 Å². The Morgan fingerprint density at radius 3 is 2.09 bits per heavy atom. The molecule has 0 spiro atoms. The normalized spacial score (nSPS) is 10.6. The first kappa shape index (κ1) is 16.5. The van der Waals surface area contributed by atoms with Crippen molar-refractivity contribution in [2.24, 2.45) is 0 Å². The van der Waals surface area contributed by atoms with Gasteiger partial charge in [0.25, 0.3) is 0 Å². The summed E-state index contributed by atoms with van der Waals surface area (Å²) in [4.78, 5) is 22.1. The van der Waals surface area contributed by atoms with E-state index in [1.165, 1.54) is 0 Å². The van der Waals surface area contributed by atoms with Crippen LogP contribution < -0.4 is 5.32 Å². The van der Waals surface area contributed by atoms with Gasteiger partial charge in [-0.1, -0.05) is 54.6 Å². The quantitative estimate of drug-likeness (QED) is 0.758. The van der Waals surface area contributed by atoms with E-state index in [9.17, 15) is 9.59 Å². The maximum Gasteiger partial charge on any atom is 0.303 e. The Kier molecular flexibility index (Phi) is 6.12. The lowest BCUT2D eigenvalue weighted by Crippen LogP contribution is -2.11. The van der Waals surface area contributed by atoms with Crippen LogP contribution in [0.3, 0.4) is 0 Å². The van der Waals surface area contributed by atoms with Crippen molar-refractivity contribution in [3.8, 4) is 0 Å². The Labute approximate surface area is 135 Å². The van der Waals surface area contributed by atoms with E-state index in [0.29, 0.717) is 12.1 Å². The minimum absolute atomic E-state index is 0.0106. The highest BCUT2D eigenvalue weighted by Crippen LogP contribution is 2.13. The van der Waals surface area contributed by atoms with Crippen LogP contribution in [0.1, 0.15) is 30.4 Å². The van der Waals surface area contributed by atoms with Crippen molar-refractivity contribution >= 4 is 29.7 Å². The van der Waals surface area contributed by atoms with Gasteiger partial charge in [-0.15, -0.1) is 0 Å². The molecule has 4 nitrogen and oxygen atoms in total. The Bertz CT molecular complexity index is 676. The maximum absolute atomic E-state index is 11.7. The van der Waals surface area contributed by atoms with E-state index >= 15 is 0 Å². The van der Waals surface area contributed by atoms with E-state index < -0.39 is 5.97 Å². The number of amides is 1. The second kappa shape index (κ2) is 8.54. The van der Waals surface area contributed by atoms with Gasteiger partial charge in [0.15, 0.2) is 0 Å². The van der Waals surface area contributed by atoms with E-state index in [4.69, 9.17) is 5.11 Å². The molecule has 0 aliphatic heterocycles. The standard InChI is InChI=1S/C19H19NO3/c21-18(7-4-8-19(22)23)20-17-13-11-16(12-14-17)10-9-15-5-2-1-3-6-15/h1-3,5-6,9-14H,4,7-8H2,(H,20,21)(H,22,23). The highest BCUT2D eigenvalue weighted by molar-refractivity contribution is 5.91. The van der Waals surface area contributed by atoms with Crippen LogP contribution in [0.2, 0.25) is 0 Å². The van der Waals surface area contributed by atoms with E-state index in [-0.39, 0.29) is 18.7 Å². The summed E-state index contributed by atoms with van der Waals surface area (Å²) in [6.45, 7) is 0. The number of carbonyl (C=O) groups is 2. The molecule has 0 aliphatic rings. The van der Waals surface area contributed by atoms with Crippen LogP contribution in [-0.2, 0) is 9.59 Å². The lowest BCUT2D eigenvalue weighted by molar-refractivity contribution is -0.137. The Balaban J connectivity index is 1.86. The first-order chi connectivity index (χ1) is 11.1. The summed E-state index contributed by atoms with van der Waals surface area (Å²) in [5.74, 6) is -1.05. The lowest BCUT2D eigenvalue weighted by atomic mass is 10.1. The van der Waals surface area contributed by atoms with Gasteiger partial charge in [0.05, 0.1) is 0 Å². The van der Waals surface area contributed by atoms with Gasteiger partial charge in [0.1, 0.15) is 0 Å². The fourth-order valence-corrected chi connectivity index (χ4v) is 2.06. The molecule has 0 saturated heterocycles. The average Bonchev–Trinajstić information content (AvgIpc) is 2.55. The number of rotatable bonds is 7. The number of carboxylic acids is 1. The summed E-state index contributed by atoms with van der Waals surface area (Å²) in [5.41, 5.74) is 2.88. The summed E-state index contributed by atoms with van der Waals surface area (Å²) >= 11 is 0. The molecule has 0 aromatic heterocycles. The Hall–Kier alpha value is -2.88. The highest BCUT2D eigenvalue weighted by Gasteiger charge is 2.04. The van der Waals surface area contributed by atoms with E-state index in [1.807, 2.05) is 66.7 Å². The summed E-state index contributed by atoms with van der Waals surface area (Å²) in [6, 6.07) is 17.5. The molecule has 0 heterocycles. The van der Waals surface area contributed by atoms with Gasteiger partial charge < -0.3 is 10.4 Å². The first-order valence-electron chi connectivity index (χ1n) is 7.48. The number of carboxylic acid groups (broad SMARTS) is 1.